The highest BCUT2D eigenvalue weighted by atomic mass is 79.9. The summed E-state index contributed by atoms with van der Waals surface area (Å²) in [5.41, 5.74) is 0.670. The van der Waals surface area contributed by atoms with Gasteiger partial charge in [-0.2, -0.15) is 4.98 Å². The van der Waals surface area contributed by atoms with Crippen LogP contribution in [0.3, 0.4) is 0 Å². The third kappa shape index (κ3) is 4.74. The van der Waals surface area contributed by atoms with Gasteiger partial charge in [-0.3, -0.25) is 9.59 Å². The number of nitrogens with zero attached hydrogens (tertiary/aromatic N) is 3. The molecule has 7 nitrogen and oxygen atoms in total. The van der Waals surface area contributed by atoms with Crippen molar-refractivity contribution in [1.82, 2.24) is 20.4 Å². The van der Waals surface area contributed by atoms with Crippen LogP contribution < -0.4 is 5.32 Å². The molecule has 1 atom stereocenters. The fourth-order valence-corrected chi connectivity index (χ4v) is 4.05. The fraction of sp³-hybridized carbons (Fsp3) is 0.545. The van der Waals surface area contributed by atoms with Gasteiger partial charge in [0.2, 0.25) is 11.8 Å². The first-order valence-corrected chi connectivity index (χ1v) is 11.4. The lowest BCUT2D eigenvalue weighted by Gasteiger charge is -2.32. The maximum atomic E-state index is 12.9. The van der Waals surface area contributed by atoms with Crippen LogP contribution in [0.25, 0.3) is 0 Å². The summed E-state index contributed by atoms with van der Waals surface area (Å²) in [5, 5.41) is 7.19. The molecule has 2 fully saturated rings. The summed E-state index contributed by atoms with van der Waals surface area (Å²) in [7, 11) is 0. The van der Waals surface area contributed by atoms with E-state index in [2.05, 4.69) is 31.4 Å². The minimum Gasteiger partial charge on any atom is -0.344 e. The van der Waals surface area contributed by atoms with Crippen molar-refractivity contribution in [2.75, 3.05) is 13.1 Å². The van der Waals surface area contributed by atoms with Gasteiger partial charge in [0.1, 0.15) is 6.04 Å². The Labute approximate surface area is 184 Å². The number of carbonyl (C=O) groups excluding carboxylic acids is 2. The number of amides is 2. The average molecular weight is 475 g/mol. The highest BCUT2D eigenvalue weighted by Gasteiger charge is 2.34. The summed E-state index contributed by atoms with van der Waals surface area (Å²) in [6, 6.07) is 7.08. The molecule has 8 heteroatoms. The number of benzene rings is 1. The monoisotopic (exact) mass is 474 g/mol. The normalized spacial score (nSPS) is 18.5. The van der Waals surface area contributed by atoms with Crippen molar-refractivity contribution >= 4 is 27.7 Å². The van der Waals surface area contributed by atoms with Crippen LogP contribution in [-0.4, -0.2) is 39.9 Å². The van der Waals surface area contributed by atoms with Crippen LogP contribution in [0, 0.1) is 11.8 Å². The Morgan fingerprint density at radius 2 is 1.80 bits per heavy atom. The molecule has 2 heterocycles. The molecule has 30 heavy (non-hydrogen) atoms. The second-order valence-electron chi connectivity index (χ2n) is 8.57. The molecular weight excluding hydrogens is 448 g/mol. The minimum absolute atomic E-state index is 0.00406. The van der Waals surface area contributed by atoms with Gasteiger partial charge in [-0.25, -0.2) is 0 Å². The molecule has 0 bridgehead atoms. The standard InChI is InChI=1S/C22H27BrN4O3/c1-13(2)18(21-25-19(26-30-21)14-3-4-14)24-20(28)15-9-11-27(12-10-15)22(29)16-5-7-17(23)8-6-16/h5-8,13-15,18H,3-4,9-12H2,1-2H3,(H,24,28). The lowest BCUT2D eigenvalue weighted by molar-refractivity contribution is -0.127. The molecule has 1 unspecified atom stereocenters. The van der Waals surface area contributed by atoms with Gasteiger partial charge in [-0.15, -0.1) is 0 Å². The van der Waals surface area contributed by atoms with Gasteiger partial charge < -0.3 is 14.7 Å². The number of likely N-dealkylation sites (tertiary alicyclic amines) is 1. The van der Waals surface area contributed by atoms with E-state index >= 15 is 0 Å². The smallest absolute Gasteiger partial charge is 0.253 e. The Balaban J connectivity index is 1.33. The van der Waals surface area contributed by atoms with Gasteiger partial charge >= 0.3 is 0 Å². The van der Waals surface area contributed by atoms with Crippen LogP contribution >= 0.6 is 15.9 Å². The van der Waals surface area contributed by atoms with Crippen molar-refractivity contribution in [3.05, 3.63) is 46.0 Å². The molecule has 1 aromatic heterocycles. The third-order valence-corrected chi connectivity index (χ3v) is 6.40. The maximum Gasteiger partial charge on any atom is 0.253 e. The quantitative estimate of drug-likeness (QED) is 0.681. The van der Waals surface area contributed by atoms with Crippen molar-refractivity contribution in [2.45, 2.75) is 51.5 Å². The summed E-state index contributed by atoms with van der Waals surface area (Å²) < 4.78 is 6.40. The lowest BCUT2D eigenvalue weighted by Crippen LogP contribution is -2.44. The van der Waals surface area contributed by atoms with Gasteiger partial charge in [0.05, 0.1) is 0 Å². The number of halogens is 1. The molecule has 2 aliphatic rings. The second kappa shape index (κ2) is 8.88. The van der Waals surface area contributed by atoms with E-state index in [0.717, 1.165) is 23.1 Å². The molecule has 0 radical (unpaired) electrons. The number of nitrogens with one attached hydrogen (secondary N) is 1. The molecule has 2 amide bonds. The van der Waals surface area contributed by atoms with Crippen molar-refractivity contribution in [1.29, 1.82) is 0 Å². The molecule has 1 aromatic carbocycles. The van der Waals surface area contributed by atoms with E-state index in [1.807, 2.05) is 43.0 Å². The van der Waals surface area contributed by atoms with Crippen LogP contribution in [0.5, 0.6) is 0 Å². The zero-order valence-electron chi connectivity index (χ0n) is 17.3. The maximum absolute atomic E-state index is 12.9. The Hall–Kier alpha value is -2.22. The number of hydrogen-bond donors (Lipinski definition) is 1. The highest BCUT2D eigenvalue weighted by Crippen LogP contribution is 2.38. The molecule has 0 spiro atoms. The Kier molecular flexibility index (Phi) is 6.22. The van der Waals surface area contributed by atoms with Gasteiger partial charge in [-0.1, -0.05) is 34.9 Å². The van der Waals surface area contributed by atoms with Gasteiger partial charge in [0, 0.05) is 35.0 Å². The molecule has 1 N–H and O–H groups in total. The summed E-state index contributed by atoms with van der Waals surface area (Å²) >= 11 is 3.39. The predicted octanol–water partition coefficient (Wildman–Crippen LogP) is 4.08. The van der Waals surface area contributed by atoms with E-state index < -0.39 is 0 Å². The van der Waals surface area contributed by atoms with Crippen molar-refractivity contribution in [2.24, 2.45) is 11.8 Å². The molecule has 1 saturated heterocycles. The topological polar surface area (TPSA) is 88.3 Å². The molecule has 160 valence electrons. The average Bonchev–Trinajstić information content (AvgIpc) is 3.49. The van der Waals surface area contributed by atoms with Gasteiger partial charge in [0.15, 0.2) is 5.82 Å². The molecule has 1 saturated carbocycles. The molecular formula is C22H27BrN4O3. The Morgan fingerprint density at radius 1 is 1.13 bits per heavy atom. The summed E-state index contributed by atoms with van der Waals surface area (Å²) in [6.45, 7) is 5.22. The molecule has 1 aliphatic heterocycles. The van der Waals surface area contributed by atoms with E-state index in [1.54, 1.807) is 0 Å². The summed E-state index contributed by atoms with van der Waals surface area (Å²) in [6.07, 6.45) is 3.51. The van der Waals surface area contributed by atoms with E-state index in [4.69, 9.17) is 4.52 Å². The third-order valence-electron chi connectivity index (χ3n) is 5.87. The number of carbonyl (C=O) groups is 2. The molecule has 2 aromatic rings. The predicted molar refractivity (Wildman–Crippen MR) is 115 cm³/mol. The van der Waals surface area contributed by atoms with E-state index in [0.29, 0.717) is 43.3 Å². The SMILES string of the molecule is CC(C)C(NC(=O)C1CCN(C(=O)c2ccc(Br)cc2)CC1)c1nc(C2CC2)no1. The van der Waals surface area contributed by atoms with E-state index in [-0.39, 0.29) is 29.7 Å². The van der Waals surface area contributed by atoms with Crippen molar-refractivity contribution in [3.8, 4) is 0 Å². The first kappa shape index (κ1) is 21.0. The van der Waals surface area contributed by atoms with Crippen LogP contribution in [0.15, 0.2) is 33.3 Å². The van der Waals surface area contributed by atoms with Crippen molar-refractivity contribution < 1.29 is 14.1 Å². The lowest BCUT2D eigenvalue weighted by atomic mass is 9.94. The van der Waals surface area contributed by atoms with E-state index in [9.17, 15) is 9.59 Å². The summed E-state index contributed by atoms with van der Waals surface area (Å²) in [4.78, 5) is 31.9. The Morgan fingerprint density at radius 3 is 2.40 bits per heavy atom. The number of hydrogen-bond acceptors (Lipinski definition) is 5. The van der Waals surface area contributed by atoms with Crippen LogP contribution in [0.2, 0.25) is 0 Å². The van der Waals surface area contributed by atoms with Crippen LogP contribution in [-0.2, 0) is 4.79 Å². The molecule has 1 aliphatic carbocycles. The van der Waals surface area contributed by atoms with Crippen LogP contribution in [0.4, 0.5) is 0 Å². The van der Waals surface area contributed by atoms with Gasteiger partial charge in [0.25, 0.3) is 5.91 Å². The molecule has 4 rings (SSSR count). The minimum atomic E-state index is -0.292. The first-order valence-electron chi connectivity index (χ1n) is 10.6. The fourth-order valence-electron chi connectivity index (χ4n) is 3.79. The highest BCUT2D eigenvalue weighted by molar-refractivity contribution is 9.10. The zero-order valence-corrected chi connectivity index (χ0v) is 18.9. The van der Waals surface area contributed by atoms with Crippen LogP contribution in [0.1, 0.15) is 73.6 Å². The van der Waals surface area contributed by atoms with Gasteiger partial charge in [-0.05, 0) is 55.9 Å². The number of aromatic nitrogens is 2. The zero-order chi connectivity index (χ0) is 21.3. The van der Waals surface area contributed by atoms with Crippen molar-refractivity contribution in [3.63, 3.8) is 0 Å². The number of piperidine rings is 1. The second-order valence-corrected chi connectivity index (χ2v) is 9.48. The number of rotatable bonds is 6. The largest absolute Gasteiger partial charge is 0.344 e. The first-order chi connectivity index (χ1) is 14.4. The van der Waals surface area contributed by atoms with E-state index in [1.165, 1.54) is 0 Å². The Bertz CT molecular complexity index is 899. The summed E-state index contributed by atoms with van der Waals surface area (Å²) in [5.74, 6) is 1.69.